The van der Waals surface area contributed by atoms with Gasteiger partial charge in [-0.25, -0.2) is 4.39 Å². The van der Waals surface area contributed by atoms with Crippen molar-refractivity contribution in [2.24, 2.45) is 11.7 Å². The summed E-state index contributed by atoms with van der Waals surface area (Å²) in [6.45, 7) is 3.78. The van der Waals surface area contributed by atoms with Crippen molar-refractivity contribution < 1.29 is 14.0 Å². The fraction of sp³-hybridized carbons (Fsp3) is 0.556. The molecule has 1 heterocycles. The Morgan fingerprint density at radius 1 is 1.33 bits per heavy atom. The quantitative estimate of drug-likeness (QED) is 0.831. The van der Waals surface area contributed by atoms with Gasteiger partial charge in [-0.3, -0.25) is 9.59 Å². The molecule has 1 aliphatic rings. The first-order valence-electron chi connectivity index (χ1n) is 8.52. The molecule has 3 N–H and O–H groups in total. The molecule has 24 heavy (non-hydrogen) atoms. The van der Waals surface area contributed by atoms with Crippen LogP contribution in [0.1, 0.15) is 36.8 Å². The summed E-state index contributed by atoms with van der Waals surface area (Å²) in [5.74, 6) is -0.246. The lowest BCUT2D eigenvalue weighted by Gasteiger charge is -2.31. The number of carbonyl (C=O) groups is 2. The Morgan fingerprint density at radius 3 is 2.67 bits per heavy atom. The lowest BCUT2D eigenvalue weighted by atomic mass is 9.95. The van der Waals surface area contributed by atoms with Gasteiger partial charge in [0.15, 0.2) is 0 Å². The van der Waals surface area contributed by atoms with E-state index < -0.39 is 0 Å². The maximum atomic E-state index is 13.5. The molecule has 1 aromatic carbocycles. The summed E-state index contributed by atoms with van der Waals surface area (Å²) < 4.78 is 13.5. The van der Waals surface area contributed by atoms with Crippen LogP contribution in [-0.2, 0) is 16.1 Å². The minimum Gasteiger partial charge on any atom is -0.352 e. The van der Waals surface area contributed by atoms with Gasteiger partial charge >= 0.3 is 0 Å². The summed E-state index contributed by atoms with van der Waals surface area (Å²) in [5.41, 5.74) is 6.76. The molecule has 5 nitrogen and oxygen atoms in total. The van der Waals surface area contributed by atoms with Crippen LogP contribution in [-0.4, -0.2) is 36.3 Å². The van der Waals surface area contributed by atoms with Crippen molar-refractivity contribution in [2.75, 3.05) is 19.6 Å². The molecule has 0 unspecified atom stereocenters. The number of rotatable bonds is 6. The number of nitrogens with one attached hydrogen (secondary N) is 1. The lowest BCUT2D eigenvalue weighted by molar-refractivity contribution is -0.135. The van der Waals surface area contributed by atoms with Gasteiger partial charge in [-0.15, -0.1) is 0 Å². The highest BCUT2D eigenvalue weighted by molar-refractivity contribution is 5.80. The highest BCUT2D eigenvalue weighted by Gasteiger charge is 2.26. The largest absolute Gasteiger partial charge is 0.352 e. The zero-order valence-corrected chi connectivity index (χ0v) is 14.2. The number of halogens is 1. The monoisotopic (exact) mass is 335 g/mol. The summed E-state index contributed by atoms with van der Waals surface area (Å²) in [6, 6.07) is 4.98. The molecule has 1 saturated heterocycles. The zero-order valence-electron chi connectivity index (χ0n) is 14.2. The average molecular weight is 335 g/mol. The minimum absolute atomic E-state index is 0.0231. The number of aryl methyl sites for hydroxylation is 1. The molecule has 1 fully saturated rings. The van der Waals surface area contributed by atoms with Crippen molar-refractivity contribution in [3.05, 3.63) is 35.1 Å². The average Bonchev–Trinajstić information content (AvgIpc) is 2.60. The van der Waals surface area contributed by atoms with Crippen LogP contribution >= 0.6 is 0 Å². The maximum Gasteiger partial charge on any atom is 0.223 e. The van der Waals surface area contributed by atoms with Crippen LogP contribution in [0.25, 0.3) is 0 Å². The van der Waals surface area contributed by atoms with E-state index in [0.717, 1.165) is 5.56 Å². The first-order valence-corrected chi connectivity index (χ1v) is 8.52. The number of piperidine rings is 1. The Kier molecular flexibility index (Phi) is 6.73. The van der Waals surface area contributed by atoms with Gasteiger partial charge in [0.1, 0.15) is 5.82 Å². The molecule has 0 aromatic heterocycles. The molecule has 0 bridgehead atoms. The van der Waals surface area contributed by atoms with E-state index in [2.05, 4.69) is 5.32 Å². The van der Waals surface area contributed by atoms with Gasteiger partial charge in [0.25, 0.3) is 0 Å². The molecule has 6 heteroatoms. The number of carbonyl (C=O) groups excluding carboxylic acids is 2. The Labute approximate surface area is 142 Å². The van der Waals surface area contributed by atoms with Crippen molar-refractivity contribution in [1.29, 1.82) is 0 Å². The van der Waals surface area contributed by atoms with Crippen molar-refractivity contribution >= 4 is 11.8 Å². The molecule has 1 aromatic rings. The normalized spacial score (nSPS) is 15.4. The van der Waals surface area contributed by atoms with Crippen LogP contribution in [0.3, 0.4) is 0 Å². The minimum atomic E-state index is -0.258. The van der Waals surface area contributed by atoms with Gasteiger partial charge in [0.05, 0.1) is 0 Å². The first kappa shape index (κ1) is 18.4. The highest BCUT2D eigenvalue weighted by Crippen LogP contribution is 2.18. The van der Waals surface area contributed by atoms with Crippen molar-refractivity contribution in [1.82, 2.24) is 10.2 Å². The van der Waals surface area contributed by atoms with Gasteiger partial charge in [0.2, 0.25) is 11.8 Å². The predicted octanol–water partition coefficient (Wildman–Crippen LogP) is 1.73. The van der Waals surface area contributed by atoms with Gasteiger partial charge in [0, 0.05) is 32.0 Å². The van der Waals surface area contributed by atoms with E-state index in [4.69, 9.17) is 5.73 Å². The van der Waals surface area contributed by atoms with Crippen LogP contribution in [0.5, 0.6) is 0 Å². The second-order valence-electron chi connectivity index (χ2n) is 6.35. The summed E-state index contributed by atoms with van der Waals surface area (Å²) in [4.78, 5) is 26.0. The van der Waals surface area contributed by atoms with E-state index in [1.807, 2.05) is 11.0 Å². The van der Waals surface area contributed by atoms with Crippen molar-refractivity contribution in [2.45, 2.75) is 39.2 Å². The van der Waals surface area contributed by atoms with Crippen molar-refractivity contribution in [3.63, 3.8) is 0 Å². The Balaban J connectivity index is 1.76. The number of amides is 2. The standard InChI is InChI=1S/C18H26FN3O2/c1-13-4-5-14(11-16(13)19)12-21-18(24)15-6-9-22(10-7-15)17(23)3-2-8-20/h4-5,11,15H,2-3,6-10,12,20H2,1H3,(H,21,24). The van der Waals surface area contributed by atoms with E-state index in [0.29, 0.717) is 57.4 Å². The van der Waals surface area contributed by atoms with E-state index >= 15 is 0 Å². The van der Waals surface area contributed by atoms with Crippen LogP contribution in [0.15, 0.2) is 18.2 Å². The van der Waals surface area contributed by atoms with Gasteiger partial charge in [-0.05, 0) is 49.9 Å². The number of nitrogens with two attached hydrogens (primary N) is 1. The molecule has 0 spiro atoms. The number of hydrogen-bond donors (Lipinski definition) is 2. The predicted molar refractivity (Wildman–Crippen MR) is 90.6 cm³/mol. The smallest absolute Gasteiger partial charge is 0.223 e. The number of hydrogen-bond acceptors (Lipinski definition) is 3. The molecular formula is C18H26FN3O2. The molecule has 2 amide bonds. The van der Waals surface area contributed by atoms with E-state index in [1.165, 1.54) is 6.07 Å². The van der Waals surface area contributed by atoms with Gasteiger partial charge in [-0.2, -0.15) is 0 Å². The second kappa shape index (κ2) is 8.78. The van der Waals surface area contributed by atoms with Crippen LogP contribution < -0.4 is 11.1 Å². The van der Waals surface area contributed by atoms with Crippen LogP contribution in [0.4, 0.5) is 4.39 Å². The molecule has 1 aliphatic heterocycles. The van der Waals surface area contributed by atoms with E-state index in [9.17, 15) is 14.0 Å². The Bertz CT molecular complexity index is 584. The fourth-order valence-corrected chi connectivity index (χ4v) is 2.88. The topological polar surface area (TPSA) is 75.4 Å². The summed E-state index contributed by atoms with van der Waals surface area (Å²) in [5, 5.41) is 2.87. The molecular weight excluding hydrogens is 309 g/mol. The third kappa shape index (κ3) is 5.03. The SMILES string of the molecule is Cc1ccc(CNC(=O)C2CCN(C(=O)CCCN)CC2)cc1F. The van der Waals surface area contributed by atoms with Crippen LogP contribution in [0.2, 0.25) is 0 Å². The van der Waals surface area contributed by atoms with E-state index in [-0.39, 0.29) is 23.5 Å². The van der Waals surface area contributed by atoms with Crippen LogP contribution in [0, 0.1) is 18.7 Å². The maximum absolute atomic E-state index is 13.5. The molecule has 0 atom stereocenters. The summed E-state index contributed by atoms with van der Waals surface area (Å²) in [7, 11) is 0. The fourth-order valence-electron chi connectivity index (χ4n) is 2.88. The Hall–Kier alpha value is -1.95. The highest BCUT2D eigenvalue weighted by atomic mass is 19.1. The third-order valence-electron chi connectivity index (χ3n) is 4.52. The molecule has 0 radical (unpaired) electrons. The van der Waals surface area contributed by atoms with Gasteiger partial charge < -0.3 is 16.0 Å². The molecule has 0 saturated carbocycles. The van der Waals surface area contributed by atoms with Crippen molar-refractivity contribution in [3.8, 4) is 0 Å². The summed E-state index contributed by atoms with van der Waals surface area (Å²) >= 11 is 0. The molecule has 0 aliphatic carbocycles. The summed E-state index contributed by atoms with van der Waals surface area (Å²) in [6.07, 6.45) is 2.52. The zero-order chi connectivity index (χ0) is 17.5. The second-order valence-corrected chi connectivity index (χ2v) is 6.35. The first-order chi connectivity index (χ1) is 11.5. The number of likely N-dealkylation sites (tertiary alicyclic amines) is 1. The molecule has 132 valence electrons. The Morgan fingerprint density at radius 2 is 2.04 bits per heavy atom. The van der Waals surface area contributed by atoms with E-state index in [1.54, 1.807) is 13.0 Å². The lowest BCUT2D eigenvalue weighted by Crippen LogP contribution is -2.43. The number of nitrogens with zero attached hydrogens (tertiary/aromatic N) is 1. The molecule has 2 rings (SSSR count). The number of benzene rings is 1. The van der Waals surface area contributed by atoms with Gasteiger partial charge in [-0.1, -0.05) is 12.1 Å². The third-order valence-corrected chi connectivity index (χ3v) is 4.52.